The summed E-state index contributed by atoms with van der Waals surface area (Å²) in [6.07, 6.45) is 8.15. The van der Waals surface area contributed by atoms with Gasteiger partial charge in [0, 0.05) is 36.4 Å². The van der Waals surface area contributed by atoms with E-state index >= 15 is 0 Å². The topological polar surface area (TPSA) is 121 Å². The number of rotatable bonds is 4. The minimum atomic E-state index is -1.26. The number of hydrogen-bond donors (Lipinski definition) is 2. The fraction of sp³-hybridized carbons (Fsp3) is 0.368. The highest BCUT2D eigenvalue weighted by atomic mass is 16.6. The highest BCUT2D eigenvalue weighted by Gasteiger charge is 2.31. The van der Waals surface area contributed by atoms with Gasteiger partial charge in [-0.3, -0.25) is 15.0 Å². The Labute approximate surface area is 156 Å². The maximum atomic E-state index is 10.9. The van der Waals surface area contributed by atoms with Gasteiger partial charge < -0.3 is 10.2 Å². The summed E-state index contributed by atoms with van der Waals surface area (Å²) in [5.41, 5.74) is 2.47. The molecule has 0 saturated carbocycles. The van der Waals surface area contributed by atoms with E-state index in [1.165, 1.54) is 24.8 Å². The first-order valence-corrected chi connectivity index (χ1v) is 8.59. The fourth-order valence-electron chi connectivity index (χ4n) is 3.42. The molecule has 2 heterocycles. The van der Waals surface area contributed by atoms with Gasteiger partial charge in [-0.25, -0.2) is 9.59 Å². The molecular formula is C19H22N2O6. The van der Waals surface area contributed by atoms with Crippen LogP contribution in [0.15, 0.2) is 42.5 Å². The van der Waals surface area contributed by atoms with Gasteiger partial charge >= 0.3 is 11.9 Å². The second-order valence-corrected chi connectivity index (χ2v) is 6.53. The zero-order chi connectivity index (χ0) is 20.0. The summed E-state index contributed by atoms with van der Waals surface area (Å²) in [6.45, 7) is 0. The Kier molecular flexibility index (Phi) is 6.84. The second kappa shape index (κ2) is 9.09. The van der Waals surface area contributed by atoms with E-state index in [4.69, 9.17) is 10.2 Å². The Hall–Kier alpha value is -3.00. The molecule has 2 N–H and O–H groups in total. The van der Waals surface area contributed by atoms with Gasteiger partial charge in [0.25, 0.3) is 5.69 Å². The van der Waals surface area contributed by atoms with Gasteiger partial charge in [-0.2, -0.15) is 0 Å². The SMILES string of the molecule is CN1C2C=C(c3cccc([N+](=O)[O-])c3)CC1CCC2.O=C(O)/C=C/C(=O)O. The number of nitrogens with zero attached hydrogens (tertiary/aromatic N) is 2. The first-order chi connectivity index (χ1) is 12.8. The lowest BCUT2D eigenvalue weighted by molar-refractivity contribution is -0.384. The van der Waals surface area contributed by atoms with E-state index in [9.17, 15) is 19.7 Å². The lowest BCUT2D eigenvalue weighted by Gasteiger charge is -2.42. The van der Waals surface area contributed by atoms with Crippen molar-refractivity contribution in [3.8, 4) is 0 Å². The van der Waals surface area contributed by atoms with Crippen molar-refractivity contribution in [3.05, 3.63) is 58.2 Å². The summed E-state index contributed by atoms with van der Waals surface area (Å²) >= 11 is 0. The first-order valence-electron chi connectivity index (χ1n) is 8.59. The molecule has 0 amide bonds. The zero-order valence-electron chi connectivity index (χ0n) is 14.9. The van der Waals surface area contributed by atoms with Crippen LogP contribution in [0.25, 0.3) is 5.57 Å². The Morgan fingerprint density at radius 3 is 2.44 bits per heavy atom. The van der Waals surface area contributed by atoms with Crippen molar-refractivity contribution in [2.45, 2.75) is 37.8 Å². The number of hydrogen-bond acceptors (Lipinski definition) is 5. The fourth-order valence-corrected chi connectivity index (χ4v) is 3.42. The molecular weight excluding hydrogens is 352 g/mol. The van der Waals surface area contributed by atoms with Gasteiger partial charge in [-0.15, -0.1) is 0 Å². The van der Waals surface area contributed by atoms with Gasteiger partial charge in [0.2, 0.25) is 0 Å². The van der Waals surface area contributed by atoms with Crippen molar-refractivity contribution in [2.75, 3.05) is 7.05 Å². The lowest BCUT2D eigenvalue weighted by atomic mass is 9.83. The highest BCUT2D eigenvalue weighted by molar-refractivity contribution is 5.89. The number of carbonyl (C=O) groups is 2. The van der Waals surface area contributed by atoms with Crippen LogP contribution in [0.2, 0.25) is 0 Å². The largest absolute Gasteiger partial charge is 0.478 e. The summed E-state index contributed by atoms with van der Waals surface area (Å²) in [5, 5.41) is 26.5. The van der Waals surface area contributed by atoms with Crippen molar-refractivity contribution in [1.29, 1.82) is 0 Å². The number of aliphatic carboxylic acids is 2. The van der Waals surface area contributed by atoms with Crippen LogP contribution in [0.4, 0.5) is 5.69 Å². The monoisotopic (exact) mass is 374 g/mol. The molecule has 2 atom stereocenters. The number of fused-ring (bicyclic) bond motifs is 2. The Morgan fingerprint density at radius 1 is 1.22 bits per heavy atom. The lowest BCUT2D eigenvalue weighted by Crippen LogP contribution is -2.45. The first kappa shape index (κ1) is 20.3. The Balaban J connectivity index is 0.000000279. The van der Waals surface area contributed by atoms with Crippen LogP contribution in [-0.2, 0) is 9.59 Å². The predicted molar refractivity (Wildman–Crippen MR) is 99.3 cm³/mol. The van der Waals surface area contributed by atoms with Crippen LogP contribution in [0, 0.1) is 10.1 Å². The maximum absolute atomic E-state index is 10.9. The van der Waals surface area contributed by atoms with Crippen LogP contribution in [0.5, 0.6) is 0 Å². The standard InChI is InChI=1S/C15H18N2O2.C4H4O4/c1-16-13-5-3-6-14(16)10-12(9-13)11-4-2-7-15(8-11)17(18)19;5-3(6)1-2-4(7)8/h2,4,7-9,13-14H,3,5-6,10H2,1H3;1-2H,(H,5,6)(H,7,8)/b;2-1+. The molecule has 0 aliphatic carbocycles. The second-order valence-electron chi connectivity index (χ2n) is 6.53. The number of piperidine rings is 1. The van der Waals surface area contributed by atoms with E-state index in [-0.39, 0.29) is 10.6 Å². The zero-order valence-corrected chi connectivity index (χ0v) is 14.9. The van der Waals surface area contributed by atoms with Crippen LogP contribution >= 0.6 is 0 Å². The van der Waals surface area contributed by atoms with Crippen LogP contribution in [-0.4, -0.2) is 51.1 Å². The maximum Gasteiger partial charge on any atom is 0.328 e. The van der Waals surface area contributed by atoms with E-state index in [0.717, 1.165) is 12.0 Å². The molecule has 144 valence electrons. The number of non-ortho nitro benzene ring substituents is 1. The number of carboxylic acid groups (broad SMARTS) is 2. The predicted octanol–water partition coefficient (Wildman–Crippen LogP) is 2.95. The van der Waals surface area contributed by atoms with Gasteiger partial charge in [0.05, 0.1) is 4.92 Å². The minimum Gasteiger partial charge on any atom is -0.478 e. The third-order valence-electron chi connectivity index (χ3n) is 4.78. The van der Waals surface area contributed by atoms with Crippen LogP contribution < -0.4 is 0 Å². The molecule has 8 nitrogen and oxygen atoms in total. The Morgan fingerprint density at radius 2 is 1.89 bits per heavy atom. The van der Waals surface area contributed by atoms with Gasteiger partial charge in [-0.05, 0) is 37.4 Å². The molecule has 2 aliphatic rings. The molecule has 8 heteroatoms. The molecule has 0 spiro atoms. The molecule has 1 saturated heterocycles. The molecule has 3 rings (SSSR count). The molecule has 0 aromatic heterocycles. The van der Waals surface area contributed by atoms with Crippen molar-refractivity contribution in [2.24, 2.45) is 0 Å². The summed E-state index contributed by atoms with van der Waals surface area (Å²) < 4.78 is 0. The summed E-state index contributed by atoms with van der Waals surface area (Å²) in [7, 11) is 2.19. The number of nitro groups is 1. The summed E-state index contributed by atoms with van der Waals surface area (Å²) in [5.74, 6) is -2.51. The third kappa shape index (κ3) is 5.75. The number of nitro benzene ring substituents is 1. The van der Waals surface area contributed by atoms with E-state index in [1.54, 1.807) is 18.2 Å². The molecule has 0 radical (unpaired) electrons. The molecule has 1 aromatic rings. The summed E-state index contributed by atoms with van der Waals surface area (Å²) in [4.78, 5) is 32.1. The van der Waals surface area contributed by atoms with Gasteiger partial charge in [-0.1, -0.05) is 24.6 Å². The van der Waals surface area contributed by atoms with E-state index in [0.29, 0.717) is 24.2 Å². The van der Waals surface area contributed by atoms with Crippen LogP contribution in [0.3, 0.4) is 0 Å². The van der Waals surface area contributed by atoms with Gasteiger partial charge in [0.15, 0.2) is 0 Å². The van der Waals surface area contributed by atoms with Gasteiger partial charge in [0.1, 0.15) is 0 Å². The quantitative estimate of drug-likeness (QED) is 0.472. The van der Waals surface area contributed by atoms with Crippen molar-refractivity contribution in [3.63, 3.8) is 0 Å². The average molecular weight is 374 g/mol. The number of benzene rings is 1. The minimum absolute atomic E-state index is 0.183. The normalized spacial score (nSPS) is 21.7. The van der Waals surface area contributed by atoms with E-state index in [1.807, 2.05) is 6.07 Å². The highest BCUT2D eigenvalue weighted by Crippen LogP contribution is 2.36. The molecule has 2 bridgehead atoms. The molecule has 2 unspecified atom stereocenters. The molecule has 2 aliphatic heterocycles. The average Bonchev–Trinajstić information content (AvgIpc) is 2.60. The van der Waals surface area contributed by atoms with Crippen molar-refractivity contribution in [1.82, 2.24) is 4.90 Å². The smallest absolute Gasteiger partial charge is 0.328 e. The summed E-state index contributed by atoms with van der Waals surface area (Å²) in [6, 6.07) is 8.12. The third-order valence-corrected chi connectivity index (χ3v) is 4.78. The molecule has 27 heavy (non-hydrogen) atoms. The Bertz CT molecular complexity index is 770. The molecule has 1 fully saturated rings. The van der Waals surface area contributed by atoms with Crippen LogP contribution in [0.1, 0.15) is 31.2 Å². The number of likely N-dealkylation sites (N-methyl/N-ethyl adjacent to an activating group) is 1. The number of carboxylic acids is 2. The van der Waals surface area contributed by atoms with E-state index < -0.39 is 11.9 Å². The molecule has 1 aromatic carbocycles. The van der Waals surface area contributed by atoms with Crippen molar-refractivity contribution < 1.29 is 24.7 Å². The van der Waals surface area contributed by atoms with Crippen molar-refractivity contribution >= 4 is 23.2 Å². The van der Waals surface area contributed by atoms with E-state index in [2.05, 4.69) is 18.0 Å².